The fraction of sp³-hybridized carbons (Fsp3) is 0.333. The zero-order valence-corrected chi connectivity index (χ0v) is 16.2. The summed E-state index contributed by atoms with van der Waals surface area (Å²) < 4.78 is 90.3. The quantitative estimate of drug-likeness (QED) is 0.766. The lowest BCUT2D eigenvalue weighted by Crippen LogP contribution is -2.18. The summed E-state index contributed by atoms with van der Waals surface area (Å²) in [6, 6.07) is 8.50. The topological polar surface area (TPSA) is 80.3 Å². The number of sulfone groups is 1. The summed E-state index contributed by atoms with van der Waals surface area (Å²) in [7, 11) is -7.73. The van der Waals surface area contributed by atoms with Crippen molar-refractivity contribution in [2.45, 2.75) is 46.9 Å². The van der Waals surface area contributed by atoms with Gasteiger partial charge in [-0.05, 0) is 55.3 Å². The first-order valence-corrected chi connectivity index (χ1v) is 11.6. The van der Waals surface area contributed by atoms with Crippen molar-refractivity contribution >= 4 is 25.5 Å². The van der Waals surface area contributed by atoms with Crippen LogP contribution in [-0.4, -0.2) is 22.1 Å². The fourth-order valence-electron chi connectivity index (χ4n) is 3.16. The van der Waals surface area contributed by atoms with Gasteiger partial charge in [-0.3, -0.25) is 4.72 Å². The van der Waals surface area contributed by atoms with Crippen LogP contribution >= 0.6 is 0 Å². The second-order valence-corrected chi connectivity index (χ2v) is 10.5. The van der Waals surface area contributed by atoms with Crippen LogP contribution in [0.4, 0.5) is 18.9 Å². The highest BCUT2D eigenvalue weighted by atomic mass is 32.2. The third kappa shape index (κ3) is 4.33. The average Bonchev–Trinajstić information content (AvgIpc) is 3.16. The molecule has 0 saturated heterocycles. The summed E-state index contributed by atoms with van der Waals surface area (Å²) in [5.74, 6) is 0. The first-order chi connectivity index (χ1) is 13.0. The SMILES string of the molecule is O=S(=O)(Nc1cccc(S(=O)(=O)C2CCCC2)c1)c1ccc(C(F)(F)F)cc1. The van der Waals surface area contributed by atoms with E-state index in [0.717, 1.165) is 25.0 Å². The van der Waals surface area contributed by atoms with Gasteiger partial charge in [0.15, 0.2) is 9.84 Å². The molecule has 0 bridgehead atoms. The van der Waals surface area contributed by atoms with E-state index in [0.29, 0.717) is 25.0 Å². The lowest BCUT2D eigenvalue weighted by atomic mass is 10.2. The fourth-order valence-corrected chi connectivity index (χ4v) is 6.11. The average molecular weight is 433 g/mol. The molecular formula is C18H18F3NO4S2. The van der Waals surface area contributed by atoms with Crippen molar-refractivity contribution in [1.29, 1.82) is 0 Å². The number of rotatable bonds is 5. The highest BCUT2D eigenvalue weighted by Gasteiger charge is 2.31. The maximum Gasteiger partial charge on any atom is 0.416 e. The molecule has 0 heterocycles. The Morgan fingerprint density at radius 2 is 1.46 bits per heavy atom. The summed E-state index contributed by atoms with van der Waals surface area (Å²) >= 11 is 0. The molecule has 1 saturated carbocycles. The number of nitrogens with one attached hydrogen (secondary N) is 1. The first kappa shape index (κ1) is 20.7. The number of sulfonamides is 1. The first-order valence-electron chi connectivity index (χ1n) is 8.54. The van der Waals surface area contributed by atoms with Crippen LogP contribution in [0.3, 0.4) is 0 Å². The van der Waals surface area contributed by atoms with Crippen LogP contribution in [0.5, 0.6) is 0 Å². The maximum absolute atomic E-state index is 12.7. The summed E-state index contributed by atoms with van der Waals surface area (Å²) in [6.45, 7) is 0. The van der Waals surface area contributed by atoms with Crippen molar-refractivity contribution in [2.75, 3.05) is 4.72 Å². The van der Waals surface area contributed by atoms with E-state index < -0.39 is 36.9 Å². The molecule has 152 valence electrons. The zero-order chi connectivity index (χ0) is 20.6. The van der Waals surface area contributed by atoms with Crippen molar-refractivity contribution < 1.29 is 30.0 Å². The van der Waals surface area contributed by atoms with Gasteiger partial charge in [0.2, 0.25) is 0 Å². The molecule has 3 rings (SSSR count). The molecule has 1 aliphatic rings. The van der Waals surface area contributed by atoms with Gasteiger partial charge in [-0.25, -0.2) is 16.8 Å². The zero-order valence-electron chi connectivity index (χ0n) is 14.6. The molecule has 0 spiro atoms. The minimum Gasteiger partial charge on any atom is -0.280 e. The third-order valence-electron chi connectivity index (χ3n) is 4.65. The second-order valence-electron chi connectivity index (χ2n) is 6.61. The van der Waals surface area contributed by atoms with Gasteiger partial charge < -0.3 is 0 Å². The monoisotopic (exact) mass is 433 g/mol. The van der Waals surface area contributed by atoms with Crippen molar-refractivity contribution in [1.82, 2.24) is 0 Å². The van der Waals surface area contributed by atoms with Gasteiger partial charge in [-0.1, -0.05) is 18.9 Å². The summed E-state index contributed by atoms with van der Waals surface area (Å²) in [5, 5.41) is -0.478. The highest BCUT2D eigenvalue weighted by Crippen LogP contribution is 2.32. The molecule has 0 atom stereocenters. The molecule has 10 heteroatoms. The van der Waals surface area contributed by atoms with E-state index in [2.05, 4.69) is 4.72 Å². The summed E-state index contributed by atoms with van der Waals surface area (Å²) in [6.07, 6.45) is -1.75. The molecule has 0 amide bonds. The Labute approximate surface area is 161 Å². The normalized spacial score (nSPS) is 16.2. The van der Waals surface area contributed by atoms with E-state index in [1.807, 2.05) is 0 Å². The molecule has 5 nitrogen and oxygen atoms in total. The van der Waals surface area contributed by atoms with Crippen molar-refractivity contribution in [2.24, 2.45) is 0 Å². The van der Waals surface area contributed by atoms with E-state index in [-0.39, 0.29) is 15.5 Å². The van der Waals surface area contributed by atoms with E-state index in [4.69, 9.17) is 0 Å². The predicted octanol–water partition coefficient (Wildman–Crippen LogP) is 4.22. The van der Waals surface area contributed by atoms with E-state index in [9.17, 15) is 30.0 Å². The molecule has 0 aromatic heterocycles. The van der Waals surface area contributed by atoms with Crippen LogP contribution in [0, 0.1) is 0 Å². The van der Waals surface area contributed by atoms with Gasteiger partial charge in [-0.15, -0.1) is 0 Å². The van der Waals surface area contributed by atoms with Crippen molar-refractivity contribution in [3.05, 3.63) is 54.1 Å². The molecule has 0 unspecified atom stereocenters. The van der Waals surface area contributed by atoms with Crippen LogP contribution in [0.25, 0.3) is 0 Å². The Kier molecular flexibility index (Phi) is 5.46. The molecule has 1 aliphatic carbocycles. The van der Waals surface area contributed by atoms with Crippen LogP contribution < -0.4 is 4.72 Å². The Bertz CT molecular complexity index is 1060. The largest absolute Gasteiger partial charge is 0.416 e. The van der Waals surface area contributed by atoms with Crippen molar-refractivity contribution in [3.63, 3.8) is 0 Å². The smallest absolute Gasteiger partial charge is 0.280 e. The van der Waals surface area contributed by atoms with Gasteiger partial charge in [0.05, 0.1) is 26.3 Å². The molecule has 0 radical (unpaired) electrons. The molecule has 28 heavy (non-hydrogen) atoms. The van der Waals surface area contributed by atoms with E-state index in [1.54, 1.807) is 0 Å². The van der Waals surface area contributed by atoms with Gasteiger partial charge in [-0.2, -0.15) is 13.2 Å². The Morgan fingerprint density at radius 3 is 2.04 bits per heavy atom. The van der Waals surface area contributed by atoms with Crippen LogP contribution in [0.2, 0.25) is 0 Å². The molecular weight excluding hydrogens is 415 g/mol. The van der Waals surface area contributed by atoms with Gasteiger partial charge in [0.1, 0.15) is 0 Å². The van der Waals surface area contributed by atoms with E-state index >= 15 is 0 Å². The van der Waals surface area contributed by atoms with Crippen LogP contribution in [-0.2, 0) is 26.0 Å². The van der Waals surface area contributed by atoms with Crippen molar-refractivity contribution in [3.8, 4) is 0 Å². The molecule has 2 aromatic carbocycles. The Morgan fingerprint density at radius 1 is 0.857 bits per heavy atom. The molecule has 2 aromatic rings. The number of halogens is 3. The standard InChI is InChI=1S/C18H18F3NO4S2/c19-18(20,21)13-8-10-16(11-9-13)28(25,26)22-14-4-3-7-17(12-14)27(23,24)15-5-1-2-6-15/h3-4,7-12,15,22H,1-2,5-6H2. The number of anilines is 1. The van der Waals surface area contributed by atoms with Gasteiger partial charge >= 0.3 is 6.18 Å². The Balaban J connectivity index is 1.85. The van der Waals surface area contributed by atoms with Crippen LogP contribution in [0.1, 0.15) is 31.2 Å². The predicted molar refractivity (Wildman–Crippen MR) is 98.1 cm³/mol. The van der Waals surface area contributed by atoms with Crippen LogP contribution in [0.15, 0.2) is 58.3 Å². The number of hydrogen-bond donors (Lipinski definition) is 1. The minimum atomic E-state index is -4.57. The number of benzene rings is 2. The van der Waals surface area contributed by atoms with E-state index in [1.165, 1.54) is 24.3 Å². The van der Waals surface area contributed by atoms with Gasteiger partial charge in [0.25, 0.3) is 10.0 Å². The molecule has 1 fully saturated rings. The Hall–Kier alpha value is -2.07. The summed E-state index contributed by atoms with van der Waals surface area (Å²) in [4.78, 5) is -0.337. The minimum absolute atomic E-state index is 0.0204. The lowest BCUT2D eigenvalue weighted by Gasteiger charge is -2.13. The summed E-state index contributed by atoms with van der Waals surface area (Å²) in [5.41, 5.74) is -0.935. The number of alkyl halides is 3. The molecule has 1 N–H and O–H groups in total. The number of hydrogen-bond acceptors (Lipinski definition) is 4. The lowest BCUT2D eigenvalue weighted by molar-refractivity contribution is -0.137. The third-order valence-corrected chi connectivity index (χ3v) is 8.31. The maximum atomic E-state index is 12.7. The molecule has 0 aliphatic heterocycles. The second kappa shape index (κ2) is 7.40. The highest BCUT2D eigenvalue weighted by molar-refractivity contribution is 7.93. The van der Waals surface area contributed by atoms with Gasteiger partial charge in [0, 0.05) is 0 Å².